The standard InChI is InChI=1S/C18H29N3O2/c1-4-21-10-8-16(13(2)12-21)20-17-7-5-6-15(14(17)3)18(23)19-9-11-22/h5-7,13,16,20,22H,4,8-12H2,1-3H3,(H,19,23). The first kappa shape index (κ1) is 17.8. The molecule has 1 aromatic carbocycles. The summed E-state index contributed by atoms with van der Waals surface area (Å²) in [4.78, 5) is 14.6. The van der Waals surface area contributed by atoms with E-state index < -0.39 is 0 Å². The number of carbonyl (C=O) groups excluding carboxylic acids is 1. The lowest BCUT2D eigenvalue weighted by atomic mass is 9.93. The molecule has 2 rings (SSSR count). The van der Waals surface area contributed by atoms with Crippen LogP contribution in [-0.4, -0.2) is 54.7 Å². The normalized spacial score (nSPS) is 21.9. The Morgan fingerprint density at radius 1 is 1.43 bits per heavy atom. The Kier molecular flexibility index (Phi) is 6.42. The summed E-state index contributed by atoms with van der Waals surface area (Å²) in [6.45, 7) is 10.0. The molecular formula is C18H29N3O2. The second kappa shape index (κ2) is 8.31. The average molecular weight is 319 g/mol. The number of hydrogen-bond donors (Lipinski definition) is 3. The van der Waals surface area contributed by atoms with Gasteiger partial charge in [-0.05, 0) is 43.5 Å². The molecule has 3 N–H and O–H groups in total. The molecule has 1 heterocycles. The molecule has 0 aliphatic carbocycles. The number of aliphatic hydroxyl groups excluding tert-OH is 1. The van der Waals surface area contributed by atoms with Crippen LogP contribution in [0.15, 0.2) is 18.2 Å². The minimum absolute atomic E-state index is 0.0454. The molecule has 0 spiro atoms. The van der Waals surface area contributed by atoms with Crippen molar-refractivity contribution < 1.29 is 9.90 Å². The first-order valence-corrected chi connectivity index (χ1v) is 8.54. The van der Waals surface area contributed by atoms with Gasteiger partial charge in [0, 0.05) is 36.9 Å². The molecule has 0 saturated carbocycles. The van der Waals surface area contributed by atoms with Crippen LogP contribution >= 0.6 is 0 Å². The van der Waals surface area contributed by atoms with Crippen LogP contribution in [0.2, 0.25) is 0 Å². The Balaban J connectivity index is 2.07. The van der Waals surface area contributed by atoms with Crippen LogP contribution in [0.25, 0.3) is 0 Å². The van der Waals surface area contributed by atoms with Crippen molar-refractivity contribution in [3.05, 3.63) is 29.3 Å². The van der Waals surface area contributed by atoms with Gasteiger partial charge in [-0.3, -0.25) is 4.79 Å². The highest BCUT2D eigenvalue weighted by atomic mass is 16.3. The lowest BCUT2D eigenvalue weighted by molar-refractivity contribution is 0.0944. The SMILES string of the molecule is CCN1CCC(Nc2cccc(C(=O)NCCO)c2C)C(C)C1. The van der Waals surface area contributed by atoms with Gasteiger partial charge in [0.25, 0.3) is 5.91 Å². The fourth-order valence-electron chi connectivity index (χ4n) is 3.24. The predicted molar refractivity (Wildman–Crippen MR) is 93.9 cm³/mol. The van der Waals surface area contributed by atoms with Gasteiger partial charge in [-0.25, -0.2) is 0 Å². The van der Waals surface area contributed by atoms with Gasteiger partial charge < -0.3 is 20.6 Å². The summed E-state index contributed by atoms with van der Waals surface area (Å²) in [5.41, 5.74) is 2.67. The molecule has 1 aromatic rings. The van der Waals surface area contributed by atoms with E-state index in [1.165, 1.54) is 0 Å². The van der Waals surface area contributed by atoms with Crippen LogP contribution in [0.1, 0.15) is 36.2 Å². The van der Waals surface area contributed by atoms with E-state index in [1.54, 1.807) is 0 Å². The summed E-state index contributed by atoms with van der Waals surface area (Å²) in [6, 6.07) is 6.22. The fraction of sp³-hybridized carbons (Fsp3) is 0.611. The lowest BCUT2D eigenvalue weighted by Crippen LogP contribution is -2.45. The molecule has 2 unspecified atom stereocenters. The van der Waals surface area contributed by atoms with E-state index >= 15 is 0 Å². The number of hydrogen-bond acceptors (Lipinski definition) is 4. The van der Waals surface area contributed by atoms with E-state index in [1.807, 2.05) is 25.1 Å². The summed E-state index contributed by atoms with van der Waals surface area (Å²) in [5.74, 6) is 0.448. The Bertz CT molecular complexity index is 533. The number of anilines is 1. The van der Waals surface area contributed by atoms with E-state index in [0.29, 0.717) is 17.5 Å². The van der Waals surface area contributed by atoms with E-state index in [0.717, 1.165) is 37.3 Å². The van der Waals surface area contributed by atoms with Crippen LogP contribution in [0, 0.1) is 12.8 Å². The topological polar surface area (TPSA) is 64.6 Å². The quantitative estimate of drug-likeness (QED) is 0.749. The predicted octanol–water partition coefficient (Wildman–Crippen LogP) is 1.86. The number of aliphatic hydroxyl groups is 1. The van der Waals surface area contributed by atoms with Gasteiger partial charge in [0.2, 0.25) is 0 Å². The molecule has 1 aliphatic rings. The average Bonchev–Trinajstić information content (AvgIpc) is 2.56. The lowest BCUT2D eigenvalue weighted by Gasteiger charge is -2.37. The highest BCUT2D eigenvalue weighted by molar-refractivity contribution is 5.97. The second-order valence-corrected chi connectivity index (χ2v) is 6.37. The number of piperidine rings is 1. The van der Waals surface area contributed by atoms with Crippen LogP contribution in [0.5, 0.6) is 0 Å². The van der Waals surface area contributed by atoms with Crippen molar-refractivity contribution in [1.29, 1.82) is 0 Å². The van der Waals surface area contributed by atoms with Crippen LogP contribution in [-0.2, 0) is 0 Å². The molecule has 0 radical (unpaired) electrons. The number of likely N-dealkylation sites (tertiary alicyclic amines) is 1. The van der Waals surface area contributed by atoms with E-state index in [9.17, 15) is 4.79 Å². The van der Waals surface area contributed by atoms with E-state index in [4.69, 9.17) is 5.11 Å². The summed E-state index contributed by atoms with van der Waals surface area (Å²) in [7, 11) is 0. The van der Waals surface area contributed by atoms with E-state index in [2.05, 4.69) is 29.4 Å². The van der Waals surface area contributed by atoms with Crippen molar-refractivity contribution in [2.24, 2.45) is 5.92 Å². The molecule has 2 atom stereocenters. The highest BCUT2D eigenvalue weighted by Crippen LogP contribution is 2.25. The Hall–Kier alpha value is -1.59. The molecule has 0 aromatic heterocycles. The van der Waals surface area contributed by atoms with Crippen LogP contribution in [0.4, 0.5) is 5.69 Å². The first-order chi connectivity index (χ1) is 11.1. The zero-order valence-electron chi connectivity index (χ0n) is 14.4. The molecular weight excluding hydrogens is 290 g/mol. The Labute approximate surface area is 139 Å². The maximum Gasteiger partial charge on any atom is 0.251 e. The van der Waals surface area contributed by atoms with Crippen LogP contribution < -0.4 is 10.6 Å². The van der Waals surface area contributed by atoms with Gasteiger partial charge in [-0.15, -0.1) is 0 Å². The fourth-order valence-corrected chi connectivity index (χ4v) is 3.24. The Morgan fingerprint density at radius 2 is 2.22 bits per heavy atom. The monoisotopic (exact) mass is 319 g/mol. The van der Waals surface area contributed by atoms with Crippen molar-refractivity contribution in [3.8, 4) is 0 Å². The smallest absolute Gasteiger partial charge is 0.251 e. The number of rotatable bonds is 6. The van der Waals surface area contributed by atoms with Gasteiger partial charge in [0.15, 0.2) is 0 Å². The third kappa shape index (κ3) is 4.45. The summed E-state index contributed by atoms with van der Waals surface area (Å²) >= 11 is 0. The van der Waals surface area contributed by atoms with Crippen molar-refractivity contribution in [2.75, 3.05) is 38.1 Å². The largest absolute Gasteiger partial charge is 0.395 e. The molecule has 0 bridgehead atoms. The van der Waals surface area contributed by atoms with Crippen molar-refractivity contribution >= 4 is 11.6 Å². The van der Waals surface area contributed by atoms with Crippen molar-refractivity contribution in [2.45, 2.75) is 33.2 Å². The number of benzene rings is 1. The van der Waals surface area contributed by atoms with Crippen molar-refractivity contribution in [3.63, 3.8) is 0 Å². The summed E-state index contributed by atoms with van der Waals surface area (Å²) in [5, 5.41) is 15.2. The second-order valence-electron chi connectivity index (χ2n) is 6.37. The molecule has 128 valence electrons. The number of nitrogens with one attached hydrogen (secondary N) is 2. The van der Waals surface area contributed by atoms with Crippen molar-refractivity contribution in [1.82, 2.24) is 10.2 Å². The third-order valence-corrected chi connectivity index (χ3v) is 4.75. The molecule has 1 saturated heterocycles. The number of amides is 1. The number of nitrogens with zero attached hydrogens (tertiary/aromatic N) is 1. The summed E-state index contributed by atoms with van der Waals surface area (Å²) in [6.07, 6.45) is 1.12. The zero-order valence-corrected chi connectivity index (χ0v) is 14.4. The van der Waals surface area contributed by atoms with Gasteiger partial charge >= 0.3 is 0 Å². The minimum Gasteiger partial charge on any atom is -0.395 e. The molecule has 1 aliphatic heterocycles. The maximum atomic E-state index is 12.2. The summed E-state index contributed by atoms with van der Waals surface area (Å²) < 4.78 is 0. The van der Waals surface area contributed by atoms with Gasteiger partial charge in [-0.1, -0.05) is 19.9 Å². The first-order valence-electron chi connectivity index (χ1n) is 8.54. The number of carbonyl (C=O) groups is 1. The third-order valence-electron chi connectivity index (χ3n) is 4.75. The van der Waals surface area contributed by atoms with Gasteiger partial charge in [0.1, 0.15) is 0 Å². The van der Waals surface area contributed by atoms with Crippen LogP contribution in [0.3, 0.4) is 0 Å². The minimum atomic E-state index is -0.131. The molecule has 23 heavy (non-hydrogen) atoms. The Morgan fingerprint density at radius 3 is 2.87 bits per heavy atom. The molecule has 1 fully saturated rings. The van der Waals surface area contributed by atoms with Gasteiger partial charge in [0.05, 0.1) is 6.61 Å². The molecule has 1 amide bonds. The van der Waals surface area contributed by atoms with Gasteiger partial charge in [-0.2, -0.15) is 0 Å². The zero-order chi connectivity index (χ0) is 16.8. The molecule has 5 nitrogen and oxygen atoms in total. The molecule has 5 heteroatoms. The maximum absolute atomic E-state index is 12.2. The van der Waals surface area contributed by atoms with E-state index in [-0.39, 0.29) is 19.1 Å². The highest BCUT2D eigenvalue weighted by Gasteiger charge is 2.25.